The Labute approximate surface area is 115 Å². The lowest BCUT2D eigenvalue weighted by Gasteiger charge is -2.34. The fourth-order valence-corrected chi connectivity index (χ4v) is 1.52. The third-order valence-electron chi connectivity index (χ3n) is 2.50. The second-order valence-electron chi connectivity index (χ2n) is 5.86. The maximum absolute atomic E-state index is 11.6. The van der Waals surface area contributed by atoms with Gasteiger partial charge in [0.2, 0.25) is 0 Å². The molecule has 0 spiro atoms. The summed E-state index contributed by atoms with van der Waals surface area (Å²) < 4.78 is 10.6. The van der Waals surface area contributed by atoms with Crippen molar-refractivity contribution in [2.75, 3.05) is 0 Å². The van der Waals surface area contributed by atoms with Crippen LogP contribution in [0.15, 0.2) is 24.3 Å². The van der Waals surface area contributed by atoms with Gasteiger partial charge in [0.15, 0.2) is 0 Å². The summed E-state index contributed by atoms with van der Waals surface area (Å²) in [6.07, 6.45) is -1.12. The van der Waals surface area contributed by atoms with Gasteiger partial charge in [0.25, 0.3) is 0 Å². The third-order valence-corrected chi connectivity index (χ3v) is 2.50. The number of ether oxygens (including phenoxy) is 2. The average molecular weight is 268 g/mol. The number of hydrogen-bond donors (Lipinski definition) is 0. The quantitative estimate of drug-likeness (QED) is 0.568. The van der Waals surface area contributed by atoms with Gasteiger partial charge in [-0.25, -0.2) is 9.59 Å². The minimum absolute atomic E-state index is 0.311. The monoisotopic (exact) mass is 268 g/mol. The van der Waals surface area contributed by atoms with E-state index in [4.69, 9.17) is 9.47 Å². The minimum atomic E-state index is -0.563. The van der Waals surface area contributed by atoms with Crippen LogP contribution in [-0.2, 0) is 19.1 Å². The summed E-state index contributed by atoms with van der Waals surface area (Å²) in [4.78, 5) is 23.2. The van der Waals surface area contributed by atoms with Crippen LogP contribution in [0.4, 0.5) is 0 Å². The molecule has 0 saturated carbocycles. The van der Waals surface area contributed by atoms with E-state index in [2.05, 4.69) is 13.2 Å². The highest BCUT2D eigenvalue weighted by molar-refractivity contribution is 5.88. The Balaban J connectivity index is 4.96. The molecule has 0 aromatic carbocycles. The molecule has 0 fully saturated rings. The Kier molecular flexibility index (Phi) is 6.00. The van der Waals surface area contributed by atoms with Crippen molar-refractivity contribution in [2.24, 2.45) is 5.41 Å². The van der Waals surface area contributed by atoms with E-state index in [1.807, 2.05) is 20.8 Å². The molecule has 0 N–H and O–H groups in total. The standard InChI is InChI=1S/C15H24O4/c1-9(2)13(16)18-11(5)12(15(6,7)8)19-14(17)10(3)4/h11-12H,1,3H2,2,4-8H3. The summed E-state index contributed by atoms with van der Waals surface area (Å²) in [6.45, 7) is 17.6. The SMILES string of the molecule is C=C(C)C(=O)OC(C)C(OC(=O)C(=C)C)C(C)(C)C. The van der Waals surface area contributed by atoms with Crippen LogP contribution in [0.2, 0.25) is 0 Å². The largest absolute Gasteiger partial charge is 0.455 e. The lowest BCUT2D eigenvalue weighted by Crippen LogP contribution is -2.42. The van der Waals surface area contributed by atoms with Gasteiger partial charge < -0.3 is 9.47 Å². The molecule has 0 heterocycles. The number of carbonyl (C=O) groups excluding carboxylic acids is 2. The van der Waals surface area contributed by atoms with E-state index < -0.39 is 24.1 Å². The van der Waals surface area contributed by atoms with Crippen molar-refractivity contribution in [1.82, 2.24) is 0 Å². The van der Waals surface area contributed by atoms with E-state index in [-0.39, 0.29) is 5.41 Å². The highest BCUT2D eigenvalue weighted by atomic mass is 16.6. The van der Waals surface area contributed by atoms with Crippen LogP contribution in [-0.4, -0.2) is 24.1 Å². The van der Waals surface area contributed by atoms with E-state index in [0.717, 1.165) is 0 Å². The Hall–Kier alpha value is -1.58. The van der Waals surface area contributed by atoms with Crippen LogP contribution in [0.25, 0.3) is 0 Å². The van der Waals surface area contributed by atoms with Gasteiger partial charge in [-0.15, -0.1) is 0 Å². The topological polar surface area (TPSA) is 52.6 Å². The predicted octanol–water partition coefficient (Wildman–Crippen LogP) is 3.03. The molecule has 0 radical (unpaired) electrons. The zero-order chi connectivity index (χ0) is 15.4. The van der Waals surface area contributed by atoms with Crippen LogP contribution < -0.4 is 0 Å². The molecule has 4 heteroatoms. The number of hydrogen-bond acceptors (Lipinski definition) is 4. The summed E-state index contributed by atoms with van der Waals surface area (Å²) in [5.41, 5.74) is 0.262. The fourth-order valence-electron chi connectivity index (χ4n) is 1.52. The van der Waals surface area contributed by atoms with Crippen LogP contribution in [0.1, 0.15) is 41.5 Å². The first-order valence-electron chi connectivity index (χ1n) is 6.19. The summed E-state index contributed by atoms with van der Waals surface area (Å²) in [6, 6.07) is 0. The molecule has 0 aliphatic carbocycles. The van der Waals surface area contributed by atoms with Gasteiger partial charge in [0.1, 0.15) is 12.2 Å². The first kappa shape index (κ1) is 17.4. The molecule has 19 heavy (non-hydrogen) atoms. The van der Waals surface area contributed by atoms with Gasteiger partial charge in [-0.05, 0) is 20.8 Å². The van der Waals surface area contributed by atoms with Gasteiger partial charge in [0.05, 0.1) is 0 Å². The Bertz CT molecular complexity index is 387. The van der Waals surface area contributed by atoms with Gasteiger partial charge in [0, 0.05) is 16.6 Å². The lowest BCUT2D eigenvalue weighted by atomic mass is 9.86. The molecule has 0 aliphatic rings. The molecular formula is C15H24O4. The zero-order valence-corrected chi connectivity index (χ0v) is 12.7. The summed E-state index contributed by atoms with van der Waals surface area (Å²) in [5, 5.41) is 0. The zero-order valence-electron chi connectivity index (χ0n) is 12.7. The van der Waals surface area contributed by atoms with E-state index in [1.165, 1.54) is 0 Å². The van der Waals surface area contributed by atoms with Crippen molar-refractivity contribution >= 4 is 11.9 Å². The van der Waals surface area contributed by atoms with Gasteiger partial charge in [-0.3, -0.25) is 0 Å². The molecule has 0 aromatic heterocycles. The molecule has 0 bridgehead atoms. The Morgan fingerprint density at radius 2 is 1.32 bits per heavy atom. The molecule has 0 saturated heterocycles. The van der Waals surface area contributed by atoms with Crippen molar-refractivity contribution < 1.29 is 19.1 Å². The Morgan fingerprint density at radius 1 is 0.947 bits per heavy atom. The molecule has 108 valence electrons. The first-order chi connectivity index (χ1) is 8.46. The maximum atomic E-state index is 11.6. The van der Waals surface area contributed by atoms with Gasteiger partial charge in [-0.1, -0.05) is 33.9 Å². The summed E-state index contributed by atoms with van der Waals surface area (Å²) in [5.74, 6) is -0.980. The van der Waals surface area contributed by atoms with Crippen LogP contribution in [0, 0.1) is 5.41 Å². The second kappa shape index (κ2) is 6.55. The van der Waals surface area contributed by atoms with Gasteiger partial charge >= 0.3 is 11.9 Å². The highest BCUT2D eigenvalue weighted by Crippen LogP contribution is 2.27. The summed E-state index contributed by atoms with van der Waals surface area (Å²) in [7, 11) is 0. The number of carbonyl (C=O) groups is 2. The van der Waals surface area contributed by atoms with Crippen molar-refractivity contribution in [2.45, 2.75) is 53.8 Å². The fraction of sp³-hybridized carbons (Fsp3) is 0.600. The van der Waals surface area contributed by atoms with E-state index in [0.29, 0.717) is 11.1 Å². The molecule has 2 atom stereocenters. The molecule has 0 amide bonds. The van der Waals surface area contributed by atoms with Crippen molar-refractivity contribution in [3.63, 3.8) is 0 Å². The third kappa shape index (κ3) is 5.73. The van der Waals surface area contributed by atoms with E-state index in [9.17, 15) is 9.59 Å². The van der Waals surface area contributed by atoms with Crippen molar-refractivity contribution in [3.05, 3.63) is 24.3 Å². The lowest BCUT2D eigenvalue weighted by molar-refractivity contribution is -0.170. The number of esters is 2. The predicted molar refractivity (Wildman–Crippen MR) is 74.5 cm³/mol. The van der Waals surface area contributed by atoms with Crippen LogP contribution in [0.3, 0.4) is 0 Å². The molecule has 4 nitrogen and oxygen atoms in total. The molecule has 0 aliphatic heterocycles. The molecule has 2 unspecified atom stereocenters. The van der Waals surface area contributed by atoms with Gasteiger partial charge in [-0.2, -0.15) is 0 Å². The van der Waals surface area contributed by atoms with Crippen LogP contribution in [0.5, 0.6) is 0 Å². The molecular weight excluding hydrogens is 244 g/mol. The van der Waals surface area contributed by atoms with E-state index >= 15 is 0 Å². The first-order valence-corrected chi connectivity index (χ1v) is 6.19. The normalized spacial score (nSPS) is 14.2. The Morgan fingerprint density at radius 3 is 1.63 bits per heavy atom. The highest BCUT2D eigenvalue weighted by Gasteiger charge is 2.35. The van der Waals surface area contributed by atoms with E-state index in [1.54, 1.807) is 20.8 Å². The molecule has 0 rings (SSSR count). The maximum Gasteiger partial charge on any atom is 0.333 e. The van der Waals surface area contributed by atoms with Crippen molar-refractivity contribution in [1.29, 1.82) is 0 Å². The molecule has 0 aromatic rings. The smallest absolute Gasteiger partial charge is 0.333 e. The van der Waals surface area contributed by atoms with Crippen LogP contribution >= 0.6 is 0 Å². The second-order valence-corrected chi connectivity index (χ2v) is 5.86. The number of rotatable bonds is 5. The summed E-state index contributed by atoms with van der Waals surface area (Å²) >= 11 is 0. The minimum Gasteiger partial charge on any atom is -0.455 e. The van der Waals surface area contributed by atoms with Crippen molar-refractivity contribution in [3.8, 4) is 0 Å². The average Bonchev–Trinajstić information content (AvgIpc) is 2.22.